The highest BCUT2D eigenvalue weighted by Gasteiger charge is 2.34. The van der Waals surface area contributed by atoms with E-state index in [0.717, 1.165) is 18.7 Å². The number of piperidine rings is 1. The second-order valence-corrected chi connectivity index (χ2v) is 7.33. The highest BCUT2D eigenvalue weighted by Crippen LogP contribution is 2.23. The minimum Gasteiger partial charge on any atom is -0.396 e. The molecule has 0 radical (unpaired) electrons. The topological polar surface area (TPSA) is 78.7 Å². The lowest BCUT2D eigenvalue weighted by molar-refractivity contribution is 0.164. The van der Waals surface area contributed by atoms with Crippen LogP contribution in [-0.4, -0.2) is 57.9 Å². The molecule has 20 heavy (non-hydrogen) atoms. The number of aliphatic hydroxyl groups excluding tert-OH is 1. The fourth-order valence-corrected chi connectivity index (χ4v) is 4.42. The van der Waals surface area contributed by atoms with Crippen molar-refractivity contribution in [1.29, 1.82) is 0 Å². The van der Waals surface area contributed by atoms with E-state index in [1.54, 1.807) is 6.20 Å². The van der Waals surface area contributed by atoms with E-state index < -0.39 is 10.2 Å². The Balaban J connectivity index is 1.70. The van der Waals surface area contributed by atoms with Gasteiger partial charge in [0.1, 0.15) is 5.82 Å². The first kappa shape index (κ1) is 14.0. The largest absolute Gasteiger partial charge is 0.396 e. The minimum atomic E-state index is -3.41. The van der Waals surface area contributed by atoms with E-state index in [2.05, 4.69) is 4.98 Å². The molecule has 0 bridgehead atoms. The van der Waals surface area contributed by atoms with Gasteiger partial charge in [-0.3, -0.25) is 0 Å². The number of hydrogen-bond acceptors (Lipinski definition) is 4. The summed E-state index contributed by atoms with van der Waals surface area (Å²) in [5, 5.41) is 9.12. The van der Waals surface area contributed by atoms with E-state index in [1.165, 1.54) is 8.61 Å². The van der Waals surface area contributed by atoms with Gasteiger partial charge < -0.3 is 9.67 Å². The average Bonchev–Trinajstić information content (AvgIpc) is 2.94. The van der Waals surface area contributed by atoms with Crippen LogP contribution in [0.1, 0.15) is 18.7 Å². The standard InChI is InChI=1S/C12H20N4O3S/c17-10-11-1-4-15(5-2-11)20(18,19)16-8-7-14-6-3-13-12(14)9-16/h3,6,11,17H,1-2,4-5,7-10H2. The molecule has 112 valence electrons. The third-order valence-corrected chi connectivity index (χ3v) is 6.18. The van der Waals surface area contributed by atoms with E-state index >= 15 is 0 Å². The first-order valence-electron chi connectivity index (χ1n) is 6.97. The minimum absolute atomic E-state index is 0.148. The number of nitrogens with zero attached hydrogens (tertiary/aromatic N) is 4. The van der Waals surface area contributed by atoms with Crippen molar-refractivity contribution in [3.63, 3.8) is 0 Å². The first-order valence-corrected chi connectivity index (χ1v) is 8.37. The summed E-state index contributed by atoms with van der Waals surface area (Å²) in [5.41, 5.74) is 0. The van der Waals surface area contributed by atoms with Crippen molar-refractivity contribution in [2.45, 2.75) is 25.9 Å². The molecule has 1 N–H and O–H groups in total. The Morgan fingerprint density at radius 2 is 1.95 bits per heavy atom. The molecule has 0 amide bonds. The van der Waals surface area contributed by atoms with Crippen molar-refractivity contribution in [3.05, 3.63) is 18.2 Å². The number of aliphatic hydroxyl groups is 1. The Kier molecular flexibility index (Phi) is 3.80. The highest BCUT2D eigenvalue weighted by atomic mass is 32.2. The van der Waals surface area contributed by atoms with Gasteiger partial charge in [-0.15, -0.1) is 0 Å². The van der Waals surface area contributed by atoms with Crippen LogP contribution in [0, 0.1) is 5.92 Å². The fourth-order valence-electron chi connectivity index (χ4n) is 2.83. The van der Waals surface area contributed by atoms with Crippen LogP contribution in [0.4, 0.5) is 0 Å². The molecule has 0 saturated carbocycles. The first-order chi connectivity index (χ1) is 9.61. The summed E-state index contributed by atoms with van der Waals surface area (Å²) in [5.74, 6) is 1.03. The van der Waals surface area contributed by atoms with E-state index in [1.807, 2.05) is 10.8 Å². The molecule has 3 heterocycles. The van der Waals surface area contributed by atoms with Crippen LogP contribution in [0.15, 0.2) is 12.4 Å². The molecule has 1 aromatic heterocycles. The van der Waals surface area contributed by atoms with Crippen molar-refractivity contribution in [3.8, 4) is 0 Å². The zero-order valence-corrected chi connectivity index (χ0v) is 12.2. The molecule has 3 rings (SSSR count). The second-order valence-electron chi connectivity index (χ2n) is 5.40. The maximum Gasteiger partial charge on any atom is 0.282 e. The zero-order valence-electron chi connectivity index (χ0n) is 11.3. The van der Waals surface area contributed by atoms with E-state index in [4.69, 9.17) is 5.11 Å². The Labute approximate surface area is 119 Å². The summed E-state index contributed by atoms with van der Waals surface area (Å²) in [6, 6.07) is 0. The van der Waals surface area contributed by atoms with Crippen LogP contribution in [0.25, 0.3) is 0 Å². The van der Waals surface area contributed by atoms with Crippen LogP contribution in [-0.2, 0) is 23.3 Å². The molecule has 0 unspecified atom stereocenters. The van der Waals surface area contributed by atoms with Crippen LogP contribution < -0.4 is 0 Å². The Morgan fingerprint density at radius 3 is 2.65 bits per heavy atom. The maximum atomic E-state index is 12.6. The highest BCUT2D eigenvalue weighted by molar-refractivity contribution is 7.86. The van der Waals surface area contributed by atoms with Crippen LogP contribution in [0.5, 0.6) is 0 Å². The van der Waals surface area contributed by atoms with E-state index in [-0.39, 0.29) is 12.5 Å². The summed E-state index contributed by atoms with van der Waals surface area (Å²) in [4.78, 5) is 4.20. The van der Waals surface area contributed by atoms with Crippen LogP contribution >= 0.6 is 0 Å². The number of rotatable bonds is 3. The van der Waals surface area contributed by atoms with Crippen molar-refractivity contribution >= 4 is 10.2 Å². The molecule has 0 aliphatic carbocycles. The molecule has 1 fully saturated rings. The van der Waals surface area contributed by atoms with Gasteiger partial charge in [-0.05, 0) is 18.8 Å². The smallest absolute Gasteiger partial charge is 0.282 e. The van der Waals surface area contributed by atoms with E-state index in [0.29, 0.717) is 32.7 Å². The predicted molar refractivity (Wildman–Crippen MR) is 72.9 cm³/mol. The molecule has 1 saturated heterocycles. The van der Waals surface area contributed by atoms with Crippen molar-refractivity contribution in [2.75, 3.05) is 26.2 Å². The number of fused-ring (bicyclic) bond motifs is 1. The molecule has 8 heteroatoms. The maximum absolute atomic E-state index is 12.6. The quantitative estimate of drug-likeness (QED) is 0.827. The van der Waals surface area contributed by atoms with Gasteiger partial charge in [0, 0.05) is 45.2 Å². The van der Waals surface area contributed by atoms with E-state index in [9.17, 15) is 8.42 Å². The fraction of sp³-hybridized carbons (Fsp3) is 0.750. The van der Waals surface area contributed by atoms with Crippen molar-refractivity contribution in [2.24, 2.45) is 5.92 Å². The molecule has 0 aromatic carbocycles. The lowest BCUT2D eigenvalue weighted by atomic mass is 10.00. The van der Waals surface area contributed by atoms with Gasteiger partial charge in [0.15, 0.2) is 0 Å². The third-order valence-electron chi connectivity index (χ3n) is 4.19. The van der Waals surface area contributed by atoms with Gasteiger partial charge in [0.2, 0.25) is 0 Å². The Hall–Kier alpha value is -0.960. The molecule has 2 aliphatic rings. The van der Waals surface area contributed by atoms with Gasteiger partial charge in [0.25, 0.3) is 10.2 Å². The number of imidazole rings is 1. The predicted octanol–water partition coefficient (Wildman–Crippen LogP) is -0.352. The molecular weight excluding hydrogens is 280 g/mol. The summed E-state index contributed by atoms with van der Waals surface area (Å²) in [6.07, 6.45) is 5.06. The van der Waals surface area contributed by atoms with Crippen LogP contribution in [0.2, 0.25) is 0 Å². The van der Waals surface area contributed by atoms with Gasteiger partial charge >= 0.3 is 0 Å². The normalized spacial score (nSPS) is 22.9. The summed E-state index contributed by atoms with van der Waals surface area (Å²) in [6.45, 7) is 2.63. The number of aromatic nitrogens is 2. The lowest BCUT2D eigenvalue weighted by Crippen LogP contribution is -2.49. The summed E-state index contributed by atoms with van der Waals surface area (Å²) < 4.78 is 30.3. The molecule has 7 nitrogen and oxygen atoms in total. The lowest BCUT2D eigenvalue weighted by Gasteiger charge is -2.35. The Morgan fingerprint density at radius 1 is 1.20 bits per heavy atom. The second kappa shape index (κ2) is 5.44. The molecule has 0 spiro atoms. The summed E-state index contributed by atoms with van der Waals surface area (Å²) >= 11 is 0. The molecular formula is C12H20N4O3S. The van der Waals surface area contributed by atoms with Gasteiger partial charge in [-0.25, -0.2) is 4.98 Å². The zero-order chi connectivity index (χ0) is 14.2. The number of hydrogen-bond donors (Lipinski definition) is 1. The van der Waals surface area contributed by atoms with Gasteiger partial charge in [-0.1, -0.05) is 0 Å². The van der Waals surface area contributed by atoms with Gasteiger partial charge in [0.05, 0.1) is 6.54 Å². The molecule has 0 atom stereocenters. The van der Waals surface area contributed by atoms with Crippen molar-refractivity contribution < 1.29 is 13.5 Å². The van der Waals surface area contributed by atoms with Crippen LogP contribution in [0.3, 0.4) is 0 Å². The average molecular weight is 300 g/mol. The molecule has 1 aromatic rings. The third kappa shape index (κ3) is 2.48. The molecule has 2 aliphatic heterocycles. The summed E-state index contributed by atoms with van der Waals surface area (Å²) in [7, 11) is -3.41. The van der Waals surface area contributed by atoms with Gasteiger partial charge in [-0.2, -0.15) is 17.0 Å². The van der Waals surface area contributed by atoms with Crippen molar-refractivity contribution in [1.82, 2.24) is 18.2 Å². The Bertz CT molecular complexity index is 563. The SMILES string of the molecule is O=S(=O)(N1CCC(CO)CC1)N1CCn2ccnc2C1. The monoisotopic (exact) mass is 300 g/mol.